The first-order valence-corrected chi connectivity index (χ1v) is 10.3. The van der Waals surface area contributed by atoms with Gasteiger partial charge in [0.25, 0.3) is 5.91 Å². The standard InChI is InChI=1S/C23H25N3O2S/c1-2-15-28-20-11-5-17(6-12-20)21(27)26-22(29)25-19-9-7-18(8-10-19)23(16-24)13-3-4-14-23/h5-12H,2-4,13-15H2,1H3,(H2,25,26,27,29). The van der Waals surface area contributed by atoms with Gasteiger partial charge in [0.15, 0.2) is 5.11 Å². The summed E-state index contributed by atoms with van der Waals surface area (Å²) in [6.07, 6.45) is 4.94. The summed E-state index contributed by atoms with van der Waals surface area (Å²) < 4.78 is 5.52. The van der Waals surface area contributed by atoms with Crippen LogP contribution in [0.5, 0.6) is 5.75 Å². The van der Waals surface area contributed by atoms with Crippen LogP contribution in [0.15, 0.2) is 48.5 Å². The Morgan fingerprint density at radius 1 is 1.14 bits per heavy atom. The number of carbonyl (C=O) groups is 1. The van der Waals surface area contributed by atoms with Crippen molar-refractivity contribution in [1.29, 1.82) is 5.26 Å². The van der Waals surface area contributed by atoms with Crippen LogP contribution in [0.1, 0.15) is 54.9 Å². The summed E-state index contributed by atoms with van der Waals surface area (Å²) in [5, 5.41) is 15.5. The van der Waals surface area contributed by atoms with Crippen molar-refractivity contribution < 1.29 is 9.53 Å². The normalized spacial score (nSPS) is 14.6. The Balaban J connectivity index is 1.56. The van der Waals surface area contributed by atoms with Gasteiger partial charge in [-0.3, -0.25) is 10.1 Å². The molecule has 0 radical (unpaired) electrons. The SMILES string of the molecule is CCCOc1ccc(C(=O)NC(=S)Nc2ccc(C3(C#N)CCCC3)cc2)cc1. The monoisotopic (exact) mass is 407 g/mol. The highest BCUT2D eigenvalue weighted by molar-refractivity contribution is 7.80. The van der Waals surface area contributed by atoms with E-state index in [9.17, 15) is 10.1 Å². The average Bonchev–Trinajstić information content (AvgIpc) is 3.23. The predicted octanol–water partition coefficient (Wildman–Crippen LogP) is 4.94. The number of thiocarbonyl (C=S) groups is 1. The first-order valence-electron chi connectivity index (χ1n) is 9.93. The van der Waals surface area contributed by atoms with E-state index in [0.717, 1.165) is 49.1 Å². The zero-order chi connectivity index (χ0) is 20.7. The van der Waals surface area contributed by atoms with Crippen LogP contribution in [0, 0.1) is 11.3 Å². The van der Waals surface area contributed by atoms with E-state index in [1.807, 2.05) is 31.2 Å². The summed E-state index contributed by atoms with van der Waals surface area (Å²) in [6, 6.07) is 17.2. The van der Waals surface area contributed by atoms with Crippen LogP contribution in [-0.4, -0.2) is 17.6 Å². The van der Waals surface area contributed by atoms with Crippen molar-refractivity contribution in [3.63, 3.8) is 0 Å². The maximum Gasteiger partial charge on any atom is 0.257 e. The minimum Gasteiger partial charge on any atom is -0.494 e. The van der Waals surface area contributed by atoms with Gasteiger partial charge >= 0.3 is 0 Å². The first kappa shape index (κ1) is 20.8. The summed E-state index contributed by atoms with van der Waals surface area (Å²) in [7, 11) is 0. The van der Waals surface area contributed by atoms with Gasteiger partial charge in [-0.2, -0.15) is 5.26 Å². The second-order valence-electron chi connectivity index (χ2n) is 7.26. The van der Waals surface area contributed by atoms with Crippen molar-refractivity contribution in [2.45, 2.75) is 44.4 Å². The van der Waals surface area contributed by atoms with Crippen LogP contribution in [0.3, 0.4) is 0 Å². The van der Waals surface area contributed by atoms with Gasteiger partial charge in [-0.1, -0.05) is 31.9 Å². The molecule has 6 heteroatoms. The fourth-order valence-corrected chi connectivity index (χ4v) is 3.79. The number of nitrogens with zero attached hydrogens (tertiary/aromatic N) is 1. The van der Waals surface area contributed by atoms with Crippen LogP contribution in [0.25, 0.3) is 0 Å². The Morgan fingerprint density at radius 2 is 1.79 bits per heavy atom. The van der Waals surface area contributed by atoms with Crippen LogP contribution in [0.2, 0.25) is 0 Å². The summed E-state index contributed by atoms with van der Waals surface area (Å²) in [4.78, 5) is 12.4. The number of nitrogens with one attached hydrogen (secondary N) is 2. The molecule has 0 spiro atoms. The second kappa shape index (κ2) is 9.53. The van der Waals surface area contributed by atoms with E-state index in [1.165, 1.54) is 0 Å². The van der Waals surface area contributed by atoms with Crippen molar-refractivity contribution >= 4 is 28.9 Å². The summed E-state index contributed by atoms with van der Waals surface area (Å²) in [6.45, 7) is 2.69. The molecule has 1 saturated carbocycles. The average molecular weight is 408 g/mol. The highest BCUT2D eigenvalue weighted by Crippen LogP contribution is 2.40. The van der Waals surface area contributed by atoms with Crippen LogP contribution >= 0.6 is 12.2 Å². The highest BCUT2D eigenvalue weighted by Gasteiger charge is 2.35. The van der Waals surface area contributed by atoms with Crippen LogP contribution in [-0.2, 0) is 5.41 Å². The highest BCUT2D eigenvalue weighted by atomic mass is 32.1. The van der Waals surface area contributed by atoms with E-state index < -0.39 is 0 Å². The lowest BCUT2D eigenvalue weighted by Crippen LogP contribution is -2.34. The van der Waals surface area contributed by atoms with Gasteiger partial charge in [0, 0.05) is 11.3 Å². The molecule has 0 unspecified atom stereocenters. The van der Waals surface area contributed by atoms with Crippen molar-refractivity contribution in [1.82, 2.24) is 5.32 Å². The third kappa shape index (κ3) is 5.12. The maximum atomic E-state index is 12.4. The fraction of sp³-hybridized carbons (Fsp3) is 0.348. The molecule has 0 aromatic heterocycles. The van der Waals surface area contributed by atoms with Crippen LogP contribution < -0.4 is 15.4 Å². The molecule has 2 aromatic carbocycles. The molecule has 0 heterocycles. The van der Waals surface area contributed by atoms with Gasteiger partial charge in [-0.15, -0.1) is 0 Å². The van der Waals surface area contributed by atoms with E-state index in [0.29, 0.717) is 12.2 Å². The Bertz CT molecular complexity index is 895. The molecule has 2 N–H and O–H groups in total. The van der Waals surface area contributed by atoms with Gasteiger partial charge in [0.2, 0.25) is 0 Å². The Labute approximate surface area is 177 Å². The van der Waals surface area contributed by atoms with E-state index in [-0.39, 0.29) is 16.4 Å². The molecule has 1 amide bonds. The van der Waals surface area contributed by atoms with E-state index >= 15 is 0 Å². The molecule has 1 aliphatic carbocycles. The summed E-state index contributed by atoms with van der Waals surface area (Å²) in [5.41, 5.74) is 1.96. The molecule has 0 saturated heterocycles. The predicted molar refractivity (Wildman–Crippen MR) is 118 cm³/mol. The van der Waals surface area contributed by atoms with Crippen molar-refractivity contribution in [3.8, 4) is 11.8 Å². The number of ether oxygens (including phenoxy) is 1. The van der Waals surface area contributed by atoms with Crippen LogP contribution in [0.4, 0.5) is 5.69 Å². The molecule has 2 aromatic rings. The molecule has 0 bridgehead atoms. The smallest absolute Gasteiger partial charge is 0.257 e. The zero-order valence-electron chi connectivity index (χ0n) is 16.5. The molecule has 5 nitrogen and oxygen atoms in total. The number of hydrogen-bond donors (Lipinski definition) is 2. The third-order valence-corrected chi connectivity index (χ3v) is 5.39. The molecule has 1 fully saturated rings. The van der Waals surface area contributed by atoms with Crippen molar-refractivity contribution in [2.75, 3.05) is 11.9 Å². The topological polar surface area (TPSA) is 74.2 Å². The number of carbonyl (C=O) groups excluding carboxylic acids is 1. The number of rotatable bonds is 6. The quantitative estimate of drug-likeness (QED) is 0.664. The lowest BCUT2D eigenvalue weighted by molar-refractivity contribution is 0.0977. The second-order valence-corrected chi connectivity index (χ2v) is 7.67. The van der Waals surface area contributed by atoms with Gasteiger partial charge in [0.1, 0.15) is 5.75 Å². The Kier molecular flexibility index (Phi) is 6.84. The van der Waals surface area contributed by atoms with Crippen molar-refractivity contribution in [2.24, 2.45) is 0 Å². The minimum absolute atomic E-state index is 0.227. The number of amides is 1. The van der Waals surface area contributed by atoms with Gasteiger partial charge in [-0.25, -0.2) is 0 Å². The van der Waals surface area contributed by atoms with Crippen molar-refractivity contribution in [3.05, 3.63) is 59.7 Å². The maximum absolute atomic E-state index is 12.4. The largest absolute Gasteiger partial charge is 0.494 e. The Morgan fingerprint density at radius 3 is 2.38 bits per heavy atom. The van der Waals surface area contributed by atoms with Gasteiger partial charge in [0.05, 0.1) is 18.1 Å². The number of benzene rings is 2. The molecule has 0 atom stereocenters. The molecular weight excluding hydrogens is 382 g/mol. The lowest BCUT2D eigenvalue weighted by Gasteiger charge is -2.21. The van der Waals surface area contributed by atoms with Gasteiger partial charge in [-0.05, 0) is 73.4 Å². The molecule has 29 heavy (non-hydrogen) atoms. The lowest BCUT2D eigenvalue weighted by atomic mass is 9.80. The molecule has 0 aliphatic heterocycles. The third-order valence-electron chi connectivity index (χ3n) is 5.18. The number of nitriles is 1. The van der Waals surface area contributed by atoms with E-state index in [4.69, 9.17) is 17.0 Å². The molecular formula is C23H25N3O2S. The number of hydrogen-bond acceptors (Lipinski definition) is 4. The van der Waals surface area contributed by atoms with E-state index in [2.05, 4.69) is 16.7 Å². The van der Waals surface area contributed by atoms with E-state index in [1.54, 1.807) is 24.3 Å². The minimum atomic E-state index is -0.361. The summed E-state index contributed by atoms with van der Waals surface area (Å²) >= 11 is 5.26. The number of anilines is 1. The Hall–Kier alpha value is -2.91. The zero-order valence-corrected chi connectivity index (χ0v) is 17.3. The fourth-order valence-electron chi connectivity index (χ4n) is 3.58. The molecule has 3 rings (SSSR count). The van der Waals surface area contributed by atoms with Gasteiger partial charge < -0.3 is 10.1 Å². The first-order chi connectivity index (χ1) is 14.1. The summed E-state index contributed by atoms with van der Waals surface area (Å²) in [5.74, 6) is 0.456. The molecule has 150 valence electrons. The molecule has 1 aliphatic rings.